The largest absolute Gasteiger partial charge is 0.416 e. The fourth-order valence-corrected chi connectivity index (χ4v) is 3.70. The summed E-state index contributed by atoms with van der Waals surface area (Å²) in [6.07, 6.45) is -4.40. The lowest BCUT2D eigenvalue weighted by atomic mass is 10.1. The Morgan fingerprint density at radius 1 is 1.00 bits per heavy atom. The highest BCUT2D eigenvalue weighted by molar-refractivity contribution is 6.30. The Morgan fingerprint density at radius 2 is 1.70 bits per heavy atom. The number of nitrogen functional groups attached to an aromatic ring is 1. The van der Waals surface area contributed by atoms with Gasteiger partial charge in [-0.1, -0.05) is 29.8 Å². The number of alkyl halides is 3. The van der Waals surface area contributed by atoms with Gasteiger partial charge in [-0.05, 0) is 42.5 Å². The molecular formula is C23H21ClF3N5O. The monoisotopic (exact) mass is 475 g/mol. The predicted molar refractivity (Wildman–Crippen MR) is 123 cm³/mol. The Hall–Kier alpha value is -3.46. The second-order valence-corrected chi connectivity index (χ2v) is 8.03. The molecule has 0 saturated carbocycles. The van der Waals surface area contributed by atoms with Gasteiger partial charge in [-0.25, -0.2) is 9.78 Å². The number of halogens is 4. The van der Waals surface area contributed by atoms with Crippen LogP contribution in [0.5, 0.6) is 0 Å². The quantitative estimate of drug-likeness (QED) is 0.535. The van der Waals surface area contributed by atoms with Gasteiger partial charge in [0.05, 0.1) is 16.9 Å². The van der Waals surface area contributed by atoms with Crippen molar-refractivity contribution >= 4 is 34.8 Å². The Kier molecular flexibility index (Phi) is 6.33. The highest BCUT2D eigenvalue weighted by Crippen LogP contribution is 2.32. The smallest absolute Gasteiger partial charge is 0.396 e. The Labute approximate surface area is 193 Å². The zero-order valence-electron chi connectivity index (χ0n) is 17.4. The molecule has 10 heteroatoms. The molecule has 1 saturated heterocycles. The standard InChI is InChI=1S/C23H21ClF3N5O/c24-17-6-4-15(5-7-17)20-9-8-19(28)21(29-20)30-22(33)32-12-10-31(11-13-32)18-3-1-2-16(14-18)23(25,26)27/h1-9,14H,10-13,28H2,(H,29,30,33). The highest BCUT2D eigenvalue weighted by atomic mass is 35.5. The van der Waals surface area contributed by atoms with E-state index < -0.39 is 11.7 Å². The predicted octanol–water partition coefficient (Wildman–Crippen LogP) is 5.36. The molecule has 6 nitrogen and oxygen atoms in total. The summed E-state index contributed by atoms with van der Waals surface area (Å²) in [6, 6.07) is 15.4. The van der Waals surface area contributed by atoms with Crippen LogP contribution >= 0.6 is 11.6 Å². The van der Waals surface area contributed by atoms with Crippen LogP contribution in [0.15, 0.2) is 60.7 Å². The number of urea groups is 1. The van der Waals surface area contributed by atoms with E-state index in [1.807, 2.05) is 17.0 Å². The third kappa shape index (κ3) is 5.31. The number of pyridine rings is 1. The van der Waals surface area contributed by atoms with Crippen LogP contribution in [0.4, 0.5) is 35.2 Å². The van der Waals surface area contributed by atoms with E-state index in [1.165, 1.54) is 6.07 Å². The van der Waals surface area contributed by atoms with Gasteiger partial charge in [0.1, 0.15) is 0 Å². The minimum Gasteiger partial charge on any atom is -0.396 e. The van der Waals surface area contributed by atoms with E-state index in [2.05, 4.69) is 10.3 Å². The molecule has 33 heavy (non-hydrogen) atoms. The van der Waals surface area contributed by atoms with Crippen LogP contribution in [0.25, 0.3) is 11.3 Å². The summed E-state index contributed by atoms with van der Waals surface area (Å²) < 4.78 is 39.0. The van der Waals surface area contributed by atoms with Crippen LogP contribution in [0.3, 0.4) is 0 Å². The van der Waals surface area contributed by atoms with Crippen molar-refractivity contribution in [3.05, 3.63) is 71.2 Å². The molecule has 172 valence electrons. The van der Waals surface area contributed by atoms with Crippen molar-refractivity contribution in [3.63, 3.8) is 0 Å². The van der Waals surface area contributed by atoms with Gasteiger partial charge in [-0.15, -0.1) is 0 Å². The topological polar surface area (TPSA) is 74.5 Å². The number of piperazine rings is 1. The van der Waals surface area contributed by atoms with Gasteiger partial charge < -0.3 is 15.5 Å². The van der Waals surface area contributed by atoms with E-state index in [0.717, 1.165) is 17.7 Å². The lowest BCUT2D eigenvalue weighted by molar-refractivity contribution is -0.137. The van der Waals surface area contributed by atoms with Crippen molar-refractivity contribution in [2.24, 2.45) is 0 Å². The molecule has 2 heterocycles. The number of aromatic nitrogens is 1. The number of nitrogens with zero attached hydrogens (tertiary/aromatic N) is 3. The molecule has 1 aromatic heterocycles. The maximum atomic E-state index is 13.0. The average molecular weight is 476 g/mol. The number of carbonyl (C=O) groups is 1. The molecule has 1 aliphatic rings. The third-order valence-corrected chi connectivity index (χ3v) is 5.65. The van der Waals surface area contributed by atoms with Crippen molar-refractivity contribution in [1.29, 1.82) is 0 Å². The minimum absolute atomic E-state index is 0.243. The van der Waals surface area contributed by atoms with E-state index in [9.17, 15) is 18.0 Å². The van der Waals surface area contributed by atoms with Gasteiger partial charge in [-0.2, -0.15) is 13.2 Å². The van der Waals surface area contributed by atoms with Crippen molar-refractivity contribution in [2.75, 3.05) is 42.1 Å². The molecule has 0 spiro atoms. The average Bonchev–Trinajstić information content (AvgIpc) is 2.81. The van der Waals surface area contributed by atoms with Crippen LogP contribution in [0, 0.1) is 0 Å². The number of carbonyl (C=O) groups excluding carboxylic acids is 1. The second-order valence-electron chi connectivity index (χ2n) is 7.59. The fraction of sp³-hybridized carbons (Fsp3) is 0.217. The summed E-state index contributed by atoms with van der Waals surface area (Å²) in [5, 5.41) is 3.35. The maximum absolute atomic E-state index is 13.0. The summed E-state index contributed by atoms with van der Waals surface area (Å²) in [5.41, 5.74) is 7.56. The summed E-state index contributed by atoms with van der Waals surface area (Å²) in [4.78, 5) is 20.6. The first-order valence-corrected chi connectivity index (χ1v) is 10.6. The molecular weight excluding hydrogens is 455 g/mol. The summed E-state index contributed by atoms with van der Waals surface area (Å²) in [7, 11) is 0. The first kappa shape index (κ1) is 22.7. The lowest BCUT2D eigenvalue weighted by Crippen LogP contribution is -2.50. The van der Waals surface area contributed by atoms with Gasteiger partial charge in [-0.3, -0.25) is 5.32 Å². The zero-order chi connectivity index (χ0) is 23.6. The van der Waals surface area contributed by atoms with Crippen LogP contribution in [0.2, 0.25) is 5.02 Å². The molecule has 0 unspecified atom stereocenters. The number of nitrogens with one attached hydrogen (secondary N) is 1. The Balaban J connectivity index is 1.41. The van der Waals surface area contributed by atoms with Crippen molar-refractivity contribution < 1.29 is 18.0 Å². The summed E-state index contributed by atoms with van der Waals surface area (Å²) in [5.74, 6) is 0.243. The molecule has 0 aliphatic carbocycles. The van der Waals surface area contributed by atoms with E-state index in [-0.39, 0.29) is 11.8 Å². The second kappa shape index (κ2) is 9.19. The van der Waals surface area contributed by atoms with E-state index in [1.54, 1.807) is 35.2 Å². The van der Waals surface area contributed by atoms with Crippen molar-refractivity contribution in [3.8, 4) is 11.3 Å². The van der Waals surface area contributed by atoms with Gasteiger partial charge in [0.25, 0.3) is 0 Å². The van der Waals surface area contributed by atoms with Crippen LogP contribution < -0.4 is 16.0 Å². The van der Waals surface area contributed by atoms with Gasteiger partial charge in [0.2, 0.25) is 0 Å². The molecule has 3 aromatic rings. The molecule has 3 N–H and O–H groups in total. The molecule has 0 radical (unpaired) electrons. The van der Waals surface area contributed by atoms with E-state index >= 15 is 0 Å². The fourth-order valence-electron chi connectivity index (χ4n) is 3.58. The van der Waals surface area contributed by atoms with Crippen molar-refractivity contribution in [1.82, 2.24) is 9.88 Å². The SMILES string of the molecule is Nc1ccc(-c2ccc(Cl)cc2)nc1NC(=O)N1CCN(c2cccc(C(F)(F)F)c2)CC1. The number of nitrogens with two attached hydrogens (primary N) is 1. The normalized spacial score (nSPS) is 14.3. The minimum atomic E-state index is -4.40. The third-order valence-electron chi connectivity index (χ3n) is 5.40. The Morgan fingerprint density at radius 3 is 2.36 bits per heavy atom. The van der Waals surface area contributed by atoms with E-state index in [0.29, 0.717) is 48.3 Å². The molecule has 1 aliphatic heterocycles. The summed E-state index contributed by atoms with van der Waals surface area (Å²) >= 11 is 5.93. The highest BCUT2D eigenvalue weighted by Gasteiger charge is 2.31. The van der Waals surface area contributed by atoms with Crippen LogP contribution in [-0.4, -0.2) is 42.1 Å². The molecule has 4 rings (SSSR count). The number of hydrogen-bond acceptors (Lipinski definition) is 4. The van der Waals surface area contributed by atoms with Gasteiger partial charge in [0.15, 0.2) is 5.82 Å². The van der Waals surface area contributed by atoms with Crippen LogP contribution in [0.1, 0.15) is 5.56 Å². The molecule has 2 amide bonds. The number of amides is 2. The van der Waals surface area contributed by atoms with Gasteiger partial charge >= 0.3 is 12.2 Å². The zero-order valence-corrected chi connectivity index (χ0v) is 18.2. The molecule has 0 atom stereocenters. The first-order valence-electron chi connectivity index (χ1n) is 10.2. The lowest BCUT2D eigenvalue weighted by Gasteiger charge is -2.36. The number of anilines is 3. The van der Waals surface area contributed by atoms with Crippen molar-refractivity contribution in [2.45, 2.75) is 6.18 Å². The number of hydrogen-bond donors (Lipinski definition) is 2. The molecule has 2 aromatic carbocycles. The summed E-state index contributed by atoms with van der Waals surface area (Å²) in [6.45, 7) is 1.50. The Bertz CT molecular complexity index is 1150. The molecule has 0 bridgehead atoms. The first-order chi connectivity index (χ1) is 15.7. The number of benzene rings is 2. The number of rotatable bonds is 3. The maximum Gasteiger partial charge on any atom is 0.416 e. The van der Waals surface area contributed by atoms with Crippen LogP contribution in [-0.2, 0) is 6.18 Å². The van der Waals surface area contributed by atoms with E-state index in [4.69, 9.17) is 17.3 Å². The molecule has 1 fully saturated rings. The van der Waals surface area contributed by atoms with Gasteiger partial charge in [0, 0.05) is 42.5 Å².